The second-order valence-electron chi connectivity index (χ2n) is 7.65. The Kier molecular flexibility index (Phi) is 4.71. The number of rotatable bonds is 4. The summed E-state index contributed by atoms with van der Waals surface area (Å²) in [4.78, 5) is 14.5. The van der Waals surface area contributed by atoms with Gasteiger partial charge in [-0.2, -0.15) is 0 Å². The van der Waals surface area contributed by atoms with Crippen molar-refractivity contribution in [3.63, 3.8) is 0 Å². The number of hydrogen-bond donors (Lipinski definition) is 1. The monoisotopic (exact) mass is 319 g/mol. The maximum Gasteiger partial charge on any atom is 0.223 e. The first-order valence-corrected chi connectivity index (χ1v) is 8.90. The molecule has 1 aromatic rings. The van der Waals surface area contributed by atoms with Crippen LogP contribution in [0, 0.1) is 5.41 Å². The lowest BCUT2D eigenvalue weighted by atomic mass is 9.85. The molecule has 0 atom stereocenters. The van der Waals surface area contributed by atoms with E-state index in [1.165, 1.54) is 0 Å². The van der Waals surface area contributed by atoms with E-state index in [0.29, 0.717) is 18.2 Å². The molecule has 0 unspecified atom stereocenters. The highest BCUT2D eigenvalue weighted by Gasteiger charge is 2.30. The molecule has 0 bridgehead atoms. The van der Waals surface area contributed by atoms with Crippen molar-refractivity contribution in [2.75, 3.05) is 19.6 Å². The van der Waals surface area contributed by atoms with E-state index in [9.17, 15) is 4.79 Å². The standard InChI is InChI=1S/C17H29N5O/c1-4-17(2,3)11-15(23)21-8-5-13(6-9-21)16-20-19-14-12-18-7-10-22(14)16/h13,18H,4-12H2,1-3H3. The van der Waals surface area contributed by atoms with E-state index in [1.54, 1.807) is 0 Å². The van der Waals surface area contributed by atoms with Crippen LogP contribution in [0.5, 0.6) is 0 Å². The number of nitrogens with zero attached hydrogens (tertiary/aromatic N) is 4. The summed E-state index contributed by atoms with van der Waals surface area (Å²) in [7, 11) is 0. The molecule has 6 heteroatoms. The second-order valence-corrected chi connectivity index (χ2v) is 7.65. The van der Waals surface area contributed by atoms with Crippen molar-refractivity contribution in [1.29, 1.82) is 0 Å². The molecule has 0 radical (unpaired) electrons. The number of hydrogen-bond acceptors (Lipinski definition) is 4. The molecular formula is C17H29N5O. The minimum Gasteiger partial charge on any atom is -0.343 e. The van der Waals surface area contributed by atoms with Crippen LogP contribution < -0.4 is 5.32 Å². The second kappa shape index (κ2) is 6.59. The average molecular weight is 319 g/mol. The van der Waals surface area contributed by atoms with Gasteiger partial charge in [-0.25, -0.2) is 0 Å². The van der Waals surface area contributed by atoms with Gasteiger partial charge in [-0.1, -0.05) is 27.2 Å². The van der Waals surface area contributed by atoms with Crippen molar-refractivity contribution >= 4 is 5.91 Å². The Hall–Kier alpha value is -1.43. The molecule has 1 aromatic heterocycles. The Morgan fingerprint density at radius 1 is 1.26 bits per heavy atom. The molecule has 3 heterocycles. The molecule has 1 N–H and O–H groups in total. The lowest BCUT2D eigenvalue weighted by Gasteiger charge is -2.34. The molecule has 2 aliphatic heterocycles. The van der Waals surface area contributed by atoms with Gasteiger partial charge >= 0.3 is 0 Å². The molecule has 23 heavy (non-hydrogen) atoms. The van der Waals surface area contributed by atoms with Gasteiger partial charge < -0.3 is 14.8 Å². The molecular weight excluding hydrogens is 290 g/mol. The van der Waals surface area contributed by atoms with E-state index < -0.39 is 0 Å². The van der Waals surface area contributed by atoms with Crippen molar-refractivity contribution in [3.05, 3.63) is 11.6 Å². The van der Waals surface area contributed by atoms with Gasteiger partial charge in [-0.15, -0.1) is 10.2 Å². The van der Waals surface area contributed by atoms with E-state index in [4.69, 9.17) is 0 Å². The summed E-state index contributed by atoms with van der Waals surface area (Å²) in [5, 5.41) is 12.1. The number of fused-ring (bicyclic) bond motifs is 1. The number of aromatic nitrogens is 3. The topological polar surface area (TPSA) is 63.1 Å². The van der Waals surface area contributed by atoms with Gasteiger partial charge in [-0.3, -0.25) is 4.79 Å². The predicted molar refractivity (Wildman–Crippen MR) is 89.0 cm³/mol. The van der Waals surface area contributed by atoms with Crippen LogP contribution >= 0.6 is 0 Å². The number of piperidine rings is 1. The van der Waals surface area contributed by atoms with Crippen LogP contribution in [0.4, 0.5) is 0 Å². The molecule has 3 rings (SSSR count). The van der Waals surface area contributed by atoms with Crippen LogP contribution in [0.15, 0.2) is 0 Å². The Morgan fingerprint density at radius 2 is 2.00 bits per heavy atom. The molecule has 2 aliphatic rings. The number of nitrogens with one attached hydrogen (secondary N) is 1. The third-order valence-electron chi connectivity index (χ3n) is 5.45. The Morgan fingerprint density at radius 3 is 2.70 bits per heavy atom. The van der Waals surface area contributed by atoms with Crippen molar-refractivity contribution in [3.8, 4) is 0 Å². The summed E-state index contributed by atoms with van der Waals surface area (Å²) in [6.07, 6.45) is 3.70. The minimum atomic E-state index is 0.104. The zero-order chi connectivity index (χ0) is 16.4. The Labute approximate surface area is 138 Å². The molecule has 128 valence electrons. The zero-order valence-electron chi connectivity index (χ0n) is 14.6. The fourth-order valence-electron chi connectivity index (χ4n) is 3.45. The van der Waals surface area contributed by atoms with Crippen LogP contribution in [0.3, 0.4) is 0 Å². The number of likely N-dealkylation sites (tertiary alicyclic amines) is 1. The lowest BCUT2D eigenvalue weighted by molar-refractivity contribution is -0.134. The largest absolute Gasteiger partial charge is 0.343 e. The fraction of sp³-hybridized carbons (Fsp3) is 0.824. The van der Waals surface area contributed by atoms with Gasteiger partial charge in [0.2, 0.25) is 5.91 Å². The van der Waals surface area contributed by atoms with Gasteiger partial charge in [0.25, 0.3) is 0 Å². The first-order valence-electron chi connectivity index (χ1n) is 8.90. The normalized spacial score (nSPS) is 19.7. The van der Waals surface area contributed by atoms with E-state index >= 15 is 0 Å². The number of carbonyl (C=O) groups is 1. The highest BCUT2D eigenvalue weighted by atomic mass is 16.2. The number of carbonyl (C=O) groups excluding carboxylic acids is 1. The molecule has 1 amide bonds. The highest BCUT2D eigenvalue weighted by Crippen LogP contribution is 2.30. The van der Waals surface area contributed by atoms with Gasteiger partial charge in [0, 0.05) is 38.5 Å². The highest BCUT2D eigenvalue weighted by molar-refractivity contribution is 5.77. The van der Waals surface area contributed by atoms with Gasteiger partial charge in [-0.05, 0) is 18.3 Å². The molecule has 1 fully saturated rings. The van der Waals surface area contributed by atoms with Crippen LogP contribution in [-0.2, 0) is 17.9 Å². The third-order valence-corrected chi connectivity index (χ3v) is 5.45. The van der Waals surface area contributed by atoms with Crippen LogP contribution in [0.25, 0.3) is 0 Å². The fourth-order valence-corrected chi connectivity index (χ4v) is 3.45. The van der Waals surface area contributed by atoms with E-state index in [2.05, 4.69) is 40.9 Å². The molecule has 0 spiro atoms. The first-order chi connectivity index (χ1) is 11.0. The van der Waals surface area contributed by atoms with Crippen molar-refractivity contribution in [1.82, 2.24) is 25.0 Å². The maximum absolute atomic E-state index is 12.5. The summed E-state index contributed by atoms with van der Waals surface area (Å²) < 4.78 is 2.28. The summed E-state index contributed by atoms with van der Waals surface area (Å²) in [5.41, 5.74) is 0.104. The average Bonchev–Trinajstić information content (AvgIpc) is 2.98. The third kappa shape index (κ3) is 3.57. The first kappa shape index (κ1) is 16.4. The van der Waals surface area contributed by atoms with Crippen molar-refractivity contribution < 1.29 is 4.79 Å². The molecule has 6 nitrogen and oxygen atoms in total. The molecule has 1 saturated heterocycles. The summed E-state index contributed by atoms with van der Waals surface area (Å²) in [6.45, 7) is 11.0. The van der Waals surface area contributed by atoms with Gasteiger partial charge in [0.05, 0.1) is 6.54 Å². The summed E-state index contributed by atoms with van der Waals surface area (Å²) >= 11 is 0. The molecule has 0 aromatic carbocycles. The Bertz CT molecular complexity index is 557. The smallest absolute Gasteiger partial charge is 0.223 e. The Balaban J connectivity index is 1.58. The van der Waals surface area contributed by atoms with Crippen LogP contribution in [0.1, 0.15) is 64.0 Å². The molecule has 0 aliphatic carbocycles. The summed E-state index contributed by atoms with van der Waals surface area (Å²) in [6, 6.07) is 0. The van der Waals surface area contributed by atoms with Gasteiger partial charge in [0.1, 0.15) is 11.6 Å². The number of amides is 1. The van der Waals surface area contributed by atoms with E-state index in [0.717, 1.165) is 63.6 Å². The molecule has 0 saturated carbocycles. The lowest BCUT2D eigenvalue weighted by Crippen LogP contribution is -2.40. The van der Waals surface area contributed by atoms with Crippen molar-refractivity contribution in [2.45, 2.75) is 65.5 Å². The van der Waals surface area contributed by atoms with Crippen molar-refractivity contribution in [2.24, 2.45) is 5.41 Å². The SMILES string of the molecule is CCC(C)(C)CC(=O)N1CCC(c2nnc3n2CCNC3)CC1. The van der Waals surface area contributed by atoms with Crippen LogP contribution in [0.2, 0.25) is 0 Å². The van der Waals surface area contributed by atoms with E-state index in [-0.39, 0.29) is 5.41 Å². The van der Waals surface area contributed by atoms with Gasteiger partial charge in [0.15, 0.2) is 0 Å². The maximum atomic E-state index is 12.5. The quantitative estimate of drug-likeness (QED) is 0.921. The van der Waals surface area contributed by atoms with Crippen LogP contribution in [-0.4, -0.2) is 45.2 Å². The zero-order valence-corrected chi connectivity index (χ0v) is 14.6. The van der Waals surface area contributed by atoms with E-state index in [1.807, 2.05) is 4.90 Å². The summed E-state index contributed by atoms with van der Waals surface area (Å²) in [5.74, 6) is 2.93. The minimum absolute atomic E-state index is 0.104. The predicted octanol–water partition coefficient (Wildman–Crippen LogP) is 1.91.